The standard InChI is InChI=1S/C14H17F3N4O2/c1-8(5-14(15,16)17)21-13(22)23-11-3-2-9(4-11)10-6-19-12(18)20-7-10/h2-3,6-9,11H,4-5H2,1H3,(H,21,22)(H2,18,19,20)/t8-,9?,11?/m0/s1. The van der Waals surface area contributed by atoms with Gasteiger partial charge >= 0.3 is 12.3 Å². The fraction of sp³-hybridized carbons (Fsp3) is 0.500. The maximum absolute atomic E-state index is 12.2. The number of nitrogens with one attached hydrogen (secondary N) is 1. The minimum absolute atomic E-state index is 0.0269. The van der Waals surface area contributed by atoms with Gasteiger partial charge in [-0.2, -0.15) is 13.2 Å². The zero-order valence-electron chi connectivity index (χ0n) is 12.4. The fourth-order valence-electron chi connectivity index (χ4n) is 2.31. The average molecular weight is 330 g/mol. The highest BCUT2D eigenvalue weighted by Crippen LogP contribution is 2.29. The molecule has 23 heavy (non-hydrogen) atoms. The van der Waals surface area contributed by atoms with Crippen molar-refractivity contribution in [3.8, 4) is 0 Å². The van der Waals surface area contributed by atoms with Crippen LogP contribution in [0.1, 0.15) is 31.2 Å². The molecule has 2 rings (SSSR count). The largest absolute Gasteiger partial charge is 0.442 e. The Morgan fingerprint density at radius 2 is 2.09 bits per heavy atom. The fourth-order valence-corrected chi connectivity index (χ4v) is 2.31. The first kappa shape index (κ1) is 17.0. The third-order valence-electron chi connectivity index (χ3n) is 3.32. The Morgan fingerprint density at radius 1 is 1.43 bits per heavy atom. The van der Waals surface area contributed by atoms with Crippen molar-refractivity contribution in [2.24, 2.45) is 0 Å². The smallest absolute Gasteiger partial charge is 0.407 e. The summed E-state index contributed by atoms with van der Waals surface area (Å²) in [6.45, 7) is 1.27. The van der Waals surface area contributed by atoms with E-state index >= 15 is 0 Å². The average Bonchev–Trinajstić information content (AvgIpc) is 2.85. The minimum Gasteiger partial charge on any atom is -0.442 e. The van der Waals surface area contributed by atoms with Crippen molar-refractivity contribution in [1.29, 1.82) is 0 Å². The first-order valence-electron chi connectivity index (χ1n) is 7.02. The molecule has 1 aromatic rings. The maximum Gasteiger partial charge on any atom is 0.407 e. The highest BCUT2D eigenvalue weighted by molar-refractivity contribution is 5.68. The Kier molecular flexibility index (Phi) is 5.07. The van der Waals surface area contributed by atoms with Gasteiger partial charge in [-0.05, 0) is 25.0 Å². The second-order valence-corrected chi connectivity index (χ2v) is 5.41. The summed E-state index contributed by atoms with van der Waals surface area (Å²) in [5.74, 6) is 0.141. The number of hydrogen-bond donors (Lipinski definition) is 2. The van der Waals surface area contributed by atoms with Crippen molar-refractivity contribution in [3.63, 3.8) is 0 Å². The summed E-state index contributed by atoms with van der Waals surface area (Å²) in [4.78, 5) is 19.4. The molecule has 0 radical (unpaired) electrons. The normalized spacial score (nSPS) is 21.9. The Balaban J connectivity index is 1.80. The summed E-state index contributed by atoms with van der Waals surface area (Å²) in [6, 6.07) is -1.05. The summed E-state index contributed by atoms with van der Waals surface area (Å²) in [7, 11) is 0. The van der Waals surface area contributed by atoms with Crippen molar-refractivity contribution in [1.82, 2.24) is 15.3 Å². The van der Waals surface area contributed by atoms with Gasteiger partial charge in [0.15, 0.2) is 0 Å². The molecule has 0 bridgehead atoms. The maximum atomic E-state index is 12.2. The van der Waals surface area contributed by atoms with E-state index in [9.17, 15) is 18.0 Å². The van der Waals surface area contributed by atoms with Crippen LogP contribution in [0.25, 0.3) is 0 Å². The summed E-state index contributed by atoms with van der Waals surface area (Å²) < 4.78 is 41.7. The van der Waals surface area contributed by atoms with Gasteiger partial charge in [-0.1, -0.05) is 6.08 Å². The second-order valence-electron chi connectivity index (χ2n) is 5.41. The van der Waals surface area contributed by atoms with Crippen molar-refractivity contribution in [2.45, 2.75) is 44.0 Å². The number of ether oxygens (including phenoxy) is 1. The Hall–Kier alpha value is -2.32. The van der Waals surface area contributed by atoms with Gasteiger partial charge in [0.25, 0.3) is 0 Å². The van der Waals surface area contributed by atoms with E-state index in [2.05, 4.69) is 15.3 Å². The van der Waals surface area contributed by atoms with Gasteiger partial charge < -0.3 is 15.8 Å². The lowest BCUT2D eigenvalue weighted by Crippen LogP contribution is -2.37. The van der Waals surface area contributed by atoms with E-state index < -0.39 is 30.8 Å². The van der Waals surface area contributed by atoms with Gasteiger partial charge in [0.1, 0.15) is 6.10 Å². The molecular weight excluding hydrogens is 313 g/mol. The molecule has 0 saturated heterocycles. The van der Waals surface area contributed by atoms with Crippen LogP contribution in [0.2, 0.25) is 0 Å². The van der Waals surface area contributed by atoms with Crippen LogP contribution in [-0.4, -0.2) is 34.4 Å². The van der Waals surface area contributed by atoms with Gasteiger partial charge in [-0.15, -0.1) is 0 Å². The molecule has 1 heterocycles. The van der Waals surface area contributed by atoms with Gasteiger partial charge in [-0.3, -0.25) is 0 Å². The summed E-state index contributed by atoms with van der Waals surface area (Å²) in [5.41, 5.74) is 6.24. The van der Waals surface area contributed by atoms with Crippen LogP contribution < -0.4 is 11.1 Å². The number of hydrogen-bond acceptors (Lipinski definition) is 5. The van der Waals surface area contributed by atoms with Crippen LogP contribution in [0.3, 0.4) is 0 Å². The monoisotopic (exact) mass is 330 g/mol. The molecule has 9 heteroatoms. The van der Waals surface area contributed by atoms with E-state index in [0.29, 0.717) is 6.42 Å². The molecule has 0 fully saturated rings. The van der Waals surface area contributed by atoms with E-state index in [1.165, 1.54) is 6.92 Å². The summed E-state index contributed by atoms with van der Waals surface area (Å²) >= 11 is 0. The van der Waals surface area contributed by atoms with Crippen LogP contribution in [-0.2, 0) is 4.74 Å². The van der Waals surface area contributed by atoms with E-state index in [-0.39, 0.29) is 11.9 Å². The van der Waals surface area contributed by atoms with Crippen LogP contribution in [0.15, 0.2) is 24.5 Å². The molecular formula is C14H17F3N4O2. The molecule has 2 unspecified atom stereocenters. The van der Waals surface area contributed by atoms with E-state index in [0.717, 1.165) is 5.56 Å². The first-order valence-corrected chi connectivity index (χ1v) is 7.02. The zero-order chi connectivity index (χ0) is 17.0. The Labute approximate surface area is 130 Å². The van der Waals surface area contributed by atoms with Gasteiger partial charge in [0.2, 0.25) is 5.95 Å². The summed E-state index contributed by atoms with van der Waals surface area (Å²) in [6.07, 6.45) is 0.376. The molecule has 0 aliphatic heterocycles. The van der Waals surface area contributed by atoms with Crippen LogP contribution in [0.4, 0.5) is 23.9 Å². The molecule has 126 valence electrons. The van der Waals surface area contributed by atoms with Crippen molar-refractivity contribution < 1.29 is 22.7 Å². The minimum atomic E-state index is -4.33. The number of anilines is 1. The SMILES string of the molecule is C[C@@H](CC(F)(F)F)NC(=O)OC1C=CC(c2cnc(N)nc2)C1. The van der Waals surface area contributed by atoms with Crippen LogP contribution in [0, 0.1) is 0 Å². The Morgan fingerprint density at radius 3 is 2.70 bits per heavy atom. The number of alkyl carbamates (subject to hydrolysis) is 1. The van der Waals surface area contributed by atoms with E-state index in [1.54, 1.807) is 18.5 Å². The van der Waals surface area contributed by atoms with E-state index in [4.69, 9.17) is 10.5 Å². The molecule has 1 aliphatic rings. The van der Waals surface area contributed by atoms with Crippen molar-refractivity contribution in [2.75, 3.05) is 5.73 Å². The third-order valence-corrected chi connectivity index (χ3v) is 3.32. The third kappa shape index (κ3) is 5.42. The zero-order valence-corrected chi connectivity index (χ0v) is 12.4. The van der Waals surface area contributed by atoms with E-state index in [1.807, 2.05) is 6.08 Å². The lowest BCUT2D eigenvalue weighted by Gasteiger charge is -2.18. The number of nitrogens with two attached hydrogens (primary N) is 1. The second kappa shape index (κ2) is 6.84. The predicted octanol–water partition coefficient (Wildman–Crippen LogP) is 2.54. The number of carbonyl (C=O) groups excluding carboxylic acids is 1. The molecule has 1 aliphatic carbocycles. The molecule has 3 atom stereocenters. The van der Waals surface area contributed by atoms with Crippen molar-refractivity contribution >= 4 is 12.0 Å². The number of nitrogen functional groups attached to an aromatic ring is 1. The highest BCUT2D eigenvalue weighted by atomic mass is 19.4. The first-order chi connectivity index (χ1) is 10.7. The topological polar surface area (TPSA) is 90.1 Å². The number of halogens is 3. The highest BCUT2D eigenvalue weighted by Gasteiger charge is 2.31. The van der Waals surface area contributed by atoms with Gasteiger partial charge in [0.05, 0.1) is 6.42 Å². The van der Waals surface area contributed by atoms with Crippen molar-refractivity contribution in [3.05, 3.63) is 30.1 Å². The number of rotatable bonds is 4. The molecule has 0 spiro atoms. The summed E-state index contributed by atoms with van der Waals surface area (Å²) in [5, 5.41) is 2.17. The predicted molar refractivity (Wildman–Crippen MR) is 76.5 cm³/mol. The van der Waals surface area contributed by atoms with Crippen LogP contribution in [0.5, 0.6) is 0 Å². The van der Waals surface area contributed by atoms with Gasteiger partial charge in [-0.25, -0.2) is 14.8 Å². The number of carbonyl (C=O) groups is 1. The lowest BCUT2D eigenvalue weighted by molar-refractivity contribution is -0.138. The number of allylic oxidation sites excluding steroid dienone is 1. The van der Waals surface area contributed by atoms with Crippen LogP contribution >= 0.6 is 0 Å². The molecule has 6 nitrogen and oxygen atoms in total. The molecule has 1 amide bonds. The quantitative estimate of drug-likeness (QED) is 0.828. The molecule has 3 N–H and O–H groups in total. The lowest BCUT2D eigenvalue weighted by atomic mass is 10.0. The number of nitrogens with zero attached hydrogens (tertiary/aromatic N) is 2. The van der Waals surface area contributed by atoms with Gasteiger partial charge in [0, 0.05) is 24.4 Å². The molecule has 0 saturated carbocycles. The number of amides is 1. The Bertz CT molecular complexity index is 574. The molecule has 0 aromatic carbocycles. The number of alkyl halides is 3. The number of aromatic nitrogens is 2. The molecule has 1 aromatic heterocycles.